The normalized spacial score (nSPS) is 10.3. The lowest BCUT2D eigenvalue weighted by atomic mass is 9.96. The molecule has 2 aromatic rings. The molecule has 0 saturated heterocycles. The minimum absolute atomic E-state index is 0.419. The van der Waals surface area contributed by atoms with E-state index in [1.54, 1.807) is 12.1 Å². The highest BCUT2D eigenvalue weighted by atomic mass is 35.5. The molecule has 0 aliphatic carbocycles. The molecule has 0 aliphatic heterocycles. The summed E-state index contributed by atoms with van der Waals surface area (Å²) >= 11 is 5.42. The molecular weight excluding hydrogens is 232 g/mol. The Hall–Kier alpha value is -1.60. The molecule has 2 heteroatoms. The van der Waals surface area contributed by atoms with Gasteiger partial charge in [-0.15, -0.1) is 0 Å². The average molecular weight is 245 g/mol. The van der Waals surface area contributed by atoms with Crippen molar-refractivity contribution in [3.8, 4) is 11.1 Å². The van der Waals surface area contributed by atoms with Crippen molar-refractivity contribution in [3.05, 3.63) is 59.2 Å². The Morgan fingerprint density at radius 1 is 1.00 bits per heavy atom. The third-order valence-electron chi connectivity index (χ3n) is 3.03. The Kier molecular flexibility index (Phi) is 3.30. The first-order chi connectivity index (χ1) is 8.09. The van der Waals surface area contributed by atoms with Gasteiger partial charge in [-0.1, -0.05) is 30.3 Å². The third-order valence-corrected chi connectivity index (χ3v) is 3.25. The quantitative estimate of drug-likeness (QED) is 0.718. The molecular formula is C15H13ClO. The number of halogens is 1. The molecule has 0 spiro atoms. The lowest BCUT2D eigenvalue weighted by molar-refractivity contribution is 0.108. The monoisotopic (exact) mass is 244 g/mol. The molecule has 0 aromatic heterocycles. The molecule has 0 unspecified atom stereocenters. The highest BCUT2D eigenvalue weighted by Gasteiger charge is 2.05. The van der Waals surface area contributed by atoms with Crippen LogP contribution in [0.4, 0.5) is 0 Å². The van der Waals surface area contributed by atoms with E-state index < -0.39 is 5.24 Å². The molecule has 1 nitrogen and oxygen atoms in total. The largest absolute Gasteiger partial charge is 0.276 e. The molecule has 0 fully saturated rings. The summed E-state index contributed by atoms with van der Waals surface area (Å²) < 4.78 is 0. The van der Waals surface area contributed by atoms with Crippen molar-refractivity contribution in [2.45, 2.75) is 13.8 Å². The second-order valence-corrected chi connectivity index (χ2v) is 4.44. The second kappa shape index (κ2) is 4.72. The van der Waals surface area contributed by atoms with Crippen molar-refractivity contribution in [1.82, 2.24) is 0 Å². The van der Waals surface area contributed by atoms with Gasteiger partial charge < -0.3 is 0 Å². The van der Waals surface area contributed by atoms with Crippen LogP contribution in [0.25, 0.3) is 11.1 Å². The van der Waals surface area contributed by atoms with Gasteiger partial charge in [-0.05, 0) is 59.8 Å². The molecule has 17 heavy (non-hydrogen) atoms. The molecule has 86 valence electrons. The van der Waals surface area contributed by atoms with E-state index in [2.05, 4.69) is 26.0 Å². The van der Waals surface area contributed by atoms with E-state index in [0.717, 1.165) is 5.56 Å². The molecule has 2 aromatic carbocycles. The van der Waals surface area contributed by atoms with Gasteiger partial charge in [0.1, 0.15) is 0 Å². The summed E-state index contributed by atoms with van der Waals surface area (Å²) in [5.74, 6) is 0. The molecule has 0 saturated carbocycles. The molecule has 0 atom stereocenters. The fourth-order valence-electron chi connectivity index (χ4n) is 1.84. The van der Waals surface area contributed by atoms with Crippen molar-refractivity contribution in [1.29, 1.82) is 0 Å². The fraction of sp³-hybridized carbons (Fsp3) is 0.133. The van der Waals surface area contributed by atoms with Gasteiger partial charge in [-0.3, -0.25) is 4.79 Å². The van der Waals surface area contributed by atoms with Gasteiger partial charge in [0.2, 0.25) is 0 Å². The smallest absolute Gasteiger partial charge is 0.252 e. The van der Waals surface area contributed by atoms with Gasteiger partial charge in [0.25, 0.3) is 5.24 Å². The van der Waals surface area contributed by atoms with Gasteiger partial charge in [-0.25, -0.2) is 0 Å². The zero-order valence-corrected chi connectivity index (χ0v) is 10.6. The predicted molar refractivity (Wildman–Crippen MR) is 71.5 cm³/mol. The summed E-state index contributed by atoms with van der Waals surface area (Å²) in [5.41, 5.74) is 5.35. The summed E-state index contributed by atoms with van der Waals surface area (Å²) in [4.78, 5) is 11.0. The van der Waals surface area contributed by atoms with Gasteiger partial charge in [0.05, 0.1) is 0 Å². The predicted octanol–water partition coefficient (Wildman–Crippen LogP) is 4.35. The Morgan fingerprint density at radius 3 is 2.24 bits per heavy atom. The number of benzene rings is 2. The van der Waals surface area contributed by atoms with Crippen LogP contribution in [0.15, 0.2) is 42.5 Å². The summed E-state index contributed by atoms with van der Waals surface area (Å²) in [6, 6.07) is 13.6. The number of carbonyl (C=O) groups is 1. The van der Waals surface area contributed by atoms with Crippen molar-refractivity contribution in [2.24, 2.45) is 0 Å². The maximum absolute atomic E-state index is 11.0. The second-order valence-electron chi connectivity index (χ2n) is 4.10. The van der Waals surface area contributed by atoms with Gasteiger partial charge in [0, 0.05) is 5.56 Å². The maximum atomic E-state index is 11.0. The lowest BCUT2D eigenvalue weighted by Crippen LogP contribution is -1.90. The van der Waals surface area contributed by atoms with Crippen LogP contribution >= 0.6 is 11.6 Å². The van der Waals surface area contributed by atoms with Crippen LogP contribution < -0.4 is 0 Å². The third kappa shape index (κ3) is 2.40. The van der Waals surface area contributed by atoms with E-state index in [0.29, 0.717) is 5.56 Å². The molecule has 0 N–H and O–H groups in total. The topological polar surface area (TPSA) is 17.1 Å². The van der Waals surface area contributed by atoms with Crippen LogP contribution in [0.3, 0.4) is 0 Å². The van der Waals surface area contributed by atoms with E-state index in [9.17, 15) is 4.79 Å². The number of carbonyl (C=O) groups excluding carboxylic acids is 1. The summed E-state index contributed by atoms with van der Waals surface area (Å²) in [5, 5.41) is -0.419. The Bertz CT molecular complexity index is 556. The highest BCUT2D eigenvalue weighted by molar-refractivity contribution is 6.67. The molecule has 2 rings (SSSR count). The Labute approximate surface area is 106 Å². The summed E-state index contributed by atoms with van der Waals surface area (Å²) in [7, 11) is 0. The van der Waals surface area contributed by atoms with Gasteiger partial charge in [0.15, 0.2) is 0 Å². The molecule has 0 heterocycles. The van der Waals surface area contributed by atoms with Crippen LogP contribution in [0.2, 0.25) is 0 Å². The number of hydrogen-bond donors (Lipinski definition) is 0. The summed E-state index contributed by atoms with van der Waals surface area (Å²) in [6.45, 7) is 4.20. The maximum Gasteiger partial charge on any atom is 0.252 e. The lowest BCUT2D eigenvalue weighted by Gasteiger charge is -2.08. The SMILES string of the molecule is Cc1cccc(-c2ccc(C(=O)Cl)cc2)c1C. The zero-order chi connectivity index (χ0) is 12.4. The first-order valence-electron chi connectivity index (χ1n) is 5.46. The average Bonchev–Trinajstić information content (AvgIpc) is 2.33. The van der Waals surface area contributed by atoms with Crippen molar-refractivity contribution >= 4 is 16.8 Å². The minimum atomic E-state index is -0.419. The van der Waals surface area contributed by atoms with Gasteiger partial charge >= 0.3 is 0 Å². The number of aryl methyl sites for hydroxylation is 1. The molecule has 0 radical (unpaired) electrons. The summed E-state index contributed by atoms with van der Waals surface area (Å²) in [6.07, 6.45) is 0. The van der Waals surface area contributed by atoms with Crippen LogP contribution in [0, 0.1) is 13.8 Å². The van der Waals surface area contributed by atoms with E-state index in [4.69, 9.17) is 11.6 Å². The van der Waals surface area contributed by atoms with E-state index in [-0.39, 0.29) is 0 Å². The number of rotatable bonds is 2. The Balaban J connectivity index is 2.47. The van der Waals surface area contributed by atoms with Crippen molar-refractivity contribution in [3.63, 3.8) is 0 Å². The first kappa shape index (κ1) is 11.9. The first-order valence-corrected chi connectivity index (χ1v) is 5.84. The van der Waals surface area contributed by atoms with Gasteiger partial charge in [-0.2, -0.15) is 0 Å². The van der Waals surface area contributed by atoms with E-state index in [1.807, 2.05) is 18.2 Å². The highest BCUT2D eigenvalue weighted by Crippen LogP contribution is 2.25. The standard InChI is InChI=1S/C15H13ClO/c1-10-4-3-5-14(11(10)2)12-6-8-13(9-7-12)15(16)17/h3-9H,1-2H3. The minimum Gasteiger partial charge on any atom is -0.276 e. The van der Waals surface area contributed by atoms with Crippen LogP contribution in [0.1, 0.15) is 21.5 Å². The molecule has 0 bridgehead atoms. The zero-order valence-electron chi connectivity index (χ0n) is 9.83. The van der Waals surface area contributed by atoms with Crippen LogP contribution in [0.5, 0.6) is 0 Å². The van der Waals surface area contributed by atoms with Crippen LogP contribution in [-0.2, 0) is 0 Å². The van der Waals surface area contributed by atoms with Crippen molar-refractivity contribution < 1.29 is 4.79 Å². The molecule has 0 amide bonds. The van der Waals surface area contributed by atoms with E-state index in [1.165, 1.54) is 16.7 Å². The number of hydrogen-bond acceptors (Lipinski definition) is 1. The molecule has 0 aliphatic rings. The van der Waals surface area contributed by atoms with Crippen LogP contribution in [-0.4, -0.2) is 5.24 Å². The van der Waals surface area contributed by atoms with E-state index >= 15 is 0 Å². The fourth-order valence-corrected chi connectivity index (χ4v) is 1.97. The van der Waals surface area contributed by atoms with Crippen molar-refractivity contribution in [2.75, 3.05) is 0 Å². The Morgan fingerprint density at radius 2 is 1.65 bits per heavy atom.